The zero-order chi connectivity index (χ0) is 15.6. The predicted octanol–water partition coefficient (Wildman–Crippen LogP) is 4.06. The number of carboxylic acids is 1. The number of benzene rings is 1. The number of carbonyl (C=O) groups is 1. The normalized spacial score (nSPS) is 12.0. The SMILES string of the molecule is CCCC(C)(C)n1c(SCC(=O)O)nc2ccc(C)cc21. The molecule has 0 unspecified atom stereocenters. The summed E-state index contributed by atoms with van der Waals surface area (Å²) in [6.07, 6.45) is 2.09. The summed E-state index contributed by atoms with van der Waals surface area (Å²) in [7, 11) is 0. The summed E-state index contributed by atoms with van der Waals surface area (Å²) in [4.78, 5) is 15.5. The molecule has 0 aliphatic heterocycles. The lowest BCUT2D eigenvalue weighted by molar-refractivity contribution is -0.133. The molecule has 21 heavy (non-hydrogen) atoms. The molecule has 1 aromatic carbocycles. The van der Waals surface area contributed by atoms with Crippen LogP contribution in [0.25, 0.3) is 11.0 Å². The number of aliphatic carboxylic acids is 1. The fourth-order valence-electron chi connectivity index (χ4n) is 2.69. The summed E-state index contributed by atoms with van der Waals surface area (Å²) in [6.45, 7) is 8.60. The monoisotopic (exact) mass is 306 g/mol. The molecule has 0 saturated heterocycles. The van der Waals surface area contributed by atoms with Crippen molar-refractivity contribution >= 4 is 28.8 Å². The van der Waals surface area contributed by atoms with Gasteiger partial charge in [0.15, 0.2) is 5.16 Å². The maximum Gasteiger partial charge on any atom is 0.313 e. The van der Waals surface area contributed by atoms with Crippen LogP contribution >= 0.6 is 11.8 Å². The van der Waals surface area contributed by atoms with Crippen LogP contribution in [0.5, 0.6) is 0 Å². The second kappa shape index (κ2) is 6.10. The lowest BCUT2D eigenvalue weighted by Gasteiger charge is -2.29. The largest absolute Gasteiger partial charge is 0.481 e. The highest BCUT2D eigenvalue weighted by molar-refractivity contribution is 7.99. The van der Waals surface area contributed by atoms with Crippen molar-refractivity contribution in [2.45, 2.75) is 51.2 Å². The van der Waals surface area contributed by atoms with E-state index in [4.69, 9.17) is 5.11 Å². The van der Waals surface area contributed by atoms with E-state index in [9.17, 15) is 4.79 Å². The van der Waals surface area contributed by atoms with Gasteiger partial charge in [-0.15, -0.1) is 0 Å². The first kappa shape index (κ1) is 15.9. The van der Waals surface area contributed by atoms with Gasteiger partial charge in [0.1, 0.15) is 0 Å². The minimum absolute atomic E-state index is 0.0323. The molecule has 0 amide bonds. The number of imidazole rings is 1. The van der Waals surface area contributed by atoms with Crippen LogP contribution in [0.15, 0.2) is 23.4 Å². The predicted molar refractivity (Wildman–Crippen MR) is 87.1 cm³/mol. The van der Waals surface area contributed by atoms with Crippen LogP contribution in [0.2, 0.25) is 0 Å². The van der Waals surface area contributed by atoms with Crippen molar-refractivity contribution in [3.63, 3.8) is 0 Å². The lowest BCUT2D eigenvalue weighted by atomic mass is 9.98. The first-order valence-electron chi connectivity index (χ1n) is 7.19. The van der Waals surface area contributed by atoms with Crippen LogP contribution in [0.1, 0.15) is 39.2 Å². The second-order valence-corrected chi connectivity index (χ2v) is 6.91. The molecule has 0 bridgehead atoms. The summed E-state index contributed by atoms with van der Waals surface area (Å²) >= 11 is 1.29. The Morgan fingerprint density at radius 1 is 1.43 bits per heavy atom. The minimum atomic E-state index is -0.817. The lowest BCUT2D eigenvalue weighted by Crippen LogP contribution is -2.26. The molecule has 0 atom stereocenters. The van der Waals surface area contributed by atoms with Crippen molar-refractivity contribution in [3.8, 4) is 0 Å². The number of aromatic nitrogens is 2. The summed E-state index contributed by atoms with van der Waals surface area (Å²) < 4.78 is 2.20. The summed E-state index contributed by atoms with van der Waals surface area (Å²) in [5.41, 5.74) is 3.11. The summed E-state index contributed by atoms with van der Waals surface area (Å²) in [5.74, 6) is -0.784. The Kier molecular flexibility index (Phi) is 4.61. The Hall–Kier alpha value is -1.49. The molecule has 0 aliphatic rings. The van der Waals surface area contributed by atoms with Gasteiger partial charge in [0, 0.05) is 5.54 Å². The van der Waals surface area contributed by atoms with E-state index in [0.29, 0.717) is 0 Å². The number of hydrogen-bond acceptors (Lipinski definition) is 3. The number of aryl methyl sites for hydroxylation is 1. The molecule has 0 aliphatic carbocycles. The highest BCUT2D eigenvalue weighted by Gasteiger charge is 2.26. The topological polar surface area (TPSA) is 55.1 Å². The molecule has 0 spiro atoms. The molecule has 4 nitrogen and oxygen atoms in total. The number of rotatable bonds is 6. The molecule has 5 heteroatoms. The molecule has 1 heterocycles. The van der Waals surface area contributed by atoms with E-state index >= 15 is 0 Å². The number of hydrogen-bond donors (Lipinski definition) is 1. The van der Waals surface area contributed by atoms with Gasteiger partial charge in [0.05, 0.1) is 16.8 Å². The van der Waals surface area contributed by atoms with Crippen LogP contribution in [0, 0.1) is 6.92 Å². The van der Waals surface area contributed by atoms with Crippen LogP contribution in [-0.2, 0) is 10.3 Å². The molecule has 0 fully saturated rings. The molecule has 2 rings (SSSR count). The van der Waals surface area contributed by atoms with Crippen LogP contribution in [0.3, 0.4) is 0 Å². The average Bonchev–Trinajstić information content (AvgIpc) is 2.74. The highest BCUT2D eigenvalue weighted by atomic mass is 32.2. The zero-order valence-electron chi connectivity index (χ0n) is 13.0. The maximum atomic E-state index is 10.9. The molecule has 2 aromatic rings. The number of fused-ring (bicyclic) bond motifs is 1. The summed E-state index contributed by atoms with van der Waals surface area (Å²) in [5, 5.41) is 9.72. The second-order valence-electron chi connectivity index (χ2n) is 5.97. The Balaban J connectivity index is 2.58. The van der Waals surface area contributed by atoms with E-state index < -0.39 is 5.97 Å². The molecule has 0 saturated carbocycles. The molecular formula is C16H22N2O2S. The van der Waals surface area contributed by atoms with Gasteiger partial charge in [-0.1, -0.05) is 31.2 Å². The van der Waals surface area contributed by atoms with Crippen LogP contribution in [-0.4, -0.2) is 26.4 Å². The maximum absolute atomic E-state index is 10.9. The van der Waals surface area contributed by atoms with Gasteiger partial charge >= 0.3 is 5.97 Å². The van der Waals surface area contributed by atoms with E-state index in [-0.39, 0.29) is 11.3 Å². The first-order valence-corrected chi connectivity index (χ1v) is 8.18. The number of carboxylic acid groups (broad SMARTS) is 1. The van der Waals surface area contributed by atoms with Gasteiger partial charge in [-0.3, -0.25) is 4.79 Å². The number of nitrogens with zero attached hydrogens (tertiary/aromatic N) is 2. The van der Waals surface area contributed by atoms with Crippen molar-refractivity contribution in [1.29, 1.82) is 0 Å². The fourth-order valence-corrected chi connectivity index (χ4v) is 3.58. The Labute approximate surface area is 129 Å². The van der Waals surface area contributed by atoms with E-state index in [1.165, 1.54) is 17.3 Å². The fraction of sp³-hybridized carbons (Fsp3) is 0.500. The minimum Gasteiger partial charge on any atom is -0.481 e. The Bertz CT molecular complexity index is 662. The summed E-state index contributed by atoms with van der Waals surface area (Å²) in [6, 6.07) is 6.18. The van der Waals surface area contributed by atoms with Crippen molar-refractivity contribution in [2.75, 3.05) is 5.75 Å². The third kappa shape index (κ3) is 3.40. The zero-order valence-corrected chi connectivity index (χ0v) is 13.8. The highest BCUT2D eigenvalue weighted by Crippen LogP contribution is 2.33. The quantitative estimate of drug-likeness (QED) is 0.818. The van der Waals surface area contributed by atoms with Gasteiger partial charge in [0.2, 0.25) is 0 Å². The van der Waals surface area contributed by atoms with Gasteiger partial charge < -0.3 is 9.67 Å². The molecule has 114 valence electrons. The van der Waals surface area contributed by atoms with Crippen molar-refractivity contribution in [2.24, 2.45) is 0 Å². The van der Waals surface area contributed by atoms with E-state index in [1.807, 2.05) is 12.1 Å². The molecule has 1 aromatic heterocycles. The average molecular weight is 306 g/mol. The molecular weight excluding hydrogens is 284 g/mol. The first-order chi connectivity index (χ1) is 9.85. The Morgan fingerprint density at radius 2 is 2.14 bits per heavy atom. The van der Waals surface area contributed by atoms with E-state index in [2.05, 4.69) is 43.3 Å². The van der Waals surface area contributed by atoms with Gasteiger partial charge in [-0.05, 0) is 44.9 Å². The van der Waals surface area contributed by atoms with Gasteiger partial charge in [0.25, 0.3) is 0 Å². The van der Waals surface area contributed by atoms with E-state index in [0.717, 1.165) is 29.0 Å². The third-order valence-corrected chi connectivity index (χ3v) is 4.49. The van der Waals surface area contributed by atoms with Crippen LogP contribution in [0.4, 0.5) is 0 Å². The standard InChI is InChI=1S/C16H22N2O2S/c1-5-8-16(3,4)18-13-9-11(2)6-7-12(13)17-15(18)21-10-14(19)20/h6-7,9H,5,8,10H2,1-4H3,(H,19,20). The smallest absolute Gasteiger partial charge is 0.313 e. The molecule has 1 N–H and O–H groups in total. The van der Waals surface area contributed by atoms with Gasteiger partial charge in [-0.2, -0.15) is 0 Å². The third-order valence-electron chi connectivity index (χ3n) is 3.57. The Morgan fingerprint density at radius 3 is 2.76 bits per heavy atom. The van der Waals surface area contributed by atoms with Gasteiger partial charge in [-0.25, -0.2) is 4.98 Å². The molecule has 0 radical (unpaired) electrons. The van der Waals surface area contributed by atoms with Crippen molar-refractivity contribution < 1.29 is 9.90 Å². The van der Waals surface area contributed by atoms with Crippen LogP contribution < -0.4 is 0 Å². The number of thioether (sulfide) groups is 1. The van der Waals surface area contributed by atoms with E-state index in [1.54, 1.807) is 0 Å². The van der Waals surface area contributed by atoms with Crippen molar-refractivity contribution in [3.05, 3.63) is 23.8 Å². The van der Waals surface area contributed by atoms with Crippen molar-refractivity contribution in [1.82, 2.24) is 9.55 Å².